The maximum atomic E-state index is 11.8. The van der Waals surface area contributed by atoms with Crippen LogP contribution < -0.4 is 10.6 Å². The second-order valence-electron chi connectivity index (χ2n) is 5.62. The van der Waals surface area contributed by atoms with Crippen LogP contribution in [0.25, 0.3) is 5.65 Å². The van der Waals surface area contributed by atoms with Crippen LogP contribution in [0, 0.1) is 10.1 Å². The summed E-state index contributed by atoms with van der Waals surface area (Å²) in [4.78, 5) is 26.5. The molecular formula is C13H17N5O3. The number of nitrogens with one attached hydrogen (secondary N) is 2. The lowest BCUT2D eigenvalue weighted by atomic mass is 10.1. The molecule has 8 nitrogen and oxygen atoms in total. The first-order chi connectivity index (χ1) is 9.78. The molecule has 0 spiro atoms. The van der Waals surface area contributed by atoms with E-state index in [1.54, 1.807) is 24.4 Å². The summed E-state index contributed by atoms with van der Waals surface area (Å²) in [6, 6.07) is 5.08. The molecule has 0 aromatic carbocycles. The molecule has 2 aromatic rings. The molecule has 0 atom stereocenters. The summed E-state index contributed by atoms with van der Waals surface area (Å²) in [7, 11) is 0. The predicted octanol–water partition coefficient (Wildman–Crippen LogP) is 1.57. The third-order valence-corrected chi connectivity index (χ3v) is 2.61. The summed E-state index contributed by atoms with van der Waals surface area (Å²) in [5.41, 5.74) is 0.0896. The van der Waals surface area contributed by atoms with Gasteiger partial charge in [0, 0.05) is 11.6 Å². The normalized spacial score (nSPS) is 11.4. The van der Waals surface area contributed by atoms with E-state index in [4.69, 9.17) is 0 Å². The van der Waals surface area contributed by atoms with Gasteiger partial charge in [0.15, 0.2) is 0 Å². The number of rotatable bonds is 4. The SMILES string of the molecule is CC(C)(C)NC(=O)CNc1nc2ccccn2c1[N+](=O)[O-]. The zero-order valence-corrected chi connectivity index (χ0v) is 12.1. The summed E-state index contributed by atoms with van der Waals surface area (Å²) < 4.78 is 1.37. The van der Waals surface area contributed by atoms with Crippen LogP contribution in [-0.2, 0) is 4.79 Å². The molecule has 2 N–H and O–H groups in total. The van der Waals surface area contributed by atoms with Gasteiger partial charge in [-0.05, 0) is 31.8 Å². The van der Waals surface area contributed by atoms with E-state index < -0.39 is 4.92 Å². The average Bonchev–Trinajstić information content (AvgIpc) is 2.72. The van der Waals surface area contributed by atoms with Crippen molar-refractivity contribution in [2.75, 3.05) is 11.9 Å². The highest BCUT2D eigenvalue weighted by molar-refractivity contribution is 5.82. The Morgan fingerprint density at radius 1 is 1.43 bits per heavy atom. The van der Waals surface area contributed by atoms with E-state index in [2.05, 4.69) is 15.6 Å². The van der Waals surface area contributed by atoms with E-state index in [1.165, 1.54) is 4.40 Å². The molecule has 0 fully saturated rings. The molecule has 0 saturated heterocycles. The number of pyridine rings is 1. The van der Waals surface area contributed by atoms with Crippen molar-refractivity contribution >= 4 is 23.2 Å². The molecule has 0 radical (unpaired) electrons. The van der Waals surface area contributed by atoms with Gasteiger partial charge in [0.1, 0.15) is 0 Å². The third kappa shape index (κ3) is 3.47. The molecular weight excluding hydrogens is 274 g/mol. The van der Waals surface area contributed by atoms with Crippen LogP contribution in [0.3, 0.4) is 0 Å². The topological polar surface area (TPSA) is 102 Å². The van der Waals surface area contributed by atoms with Crippen molar-refractivity contribution in [2.24, 2.45) is 0 Å². The van der Waals surface area contributed by atoms with Crippen molar-refractivity contribution in [1.82, 2.24) is 14.7 Å². The van der Waals surface area contributed by atoms with Crippen molar-refractivity contribution < 1.29 is 9.72 Å². The number of carbonyl (C=O) groups is 1. The summed E-state index contributed by atoms with van der Waals surface area (Å²) in [6.45, 7) is 5.50. The molecule has 1 amide bonds. The van der Waals surface area contributed by atoms with Crippen LogP contribution in [-0.4, -0.2) is 32.3 Å². The summed E-state index contributed by atoms with van der Waals surface area (Å²) in [5, 5.41) is 16.7. The molecule has 21 heavy (non-hydrogen) atoms. The van der Waals surface area contributed by atoms with E-state index in [0.29, 0.717) is 5.65 Å². The summed E-state index contributed by atoms with van der Waals surface area (Å²) in [5.74, 6) is -0.363. The fourth-order valence-electron chi connectivity index (χ4n) is 1.90. The Hall–Kier alpha value is -2.64. The Morgan fingerprint density at radius 2 is 2.14 bits per heavy atom. The number of carbonyl (C=O) groups excluding carboxylic acids is 1. The monoisotopic (exact) mass is 291 g/mol. The minimum atomic E-state index is -0.524. The lowest BCUT2D eigenvalue weighted by Crippen LogP contribution is -2.43. The zero-order chi connectivity index (χ0) is 15.6. The highest BCUT2D eigenvalue weighted by Gasteiger charge is 2.23. The van der Waals surface area contributed by atoms with E-state index in [-0.39, 0.29) is 29.6 Å². The van der Waals surface area contributed by atoms with Crippen LogP contribution in [0.15, 0.2) is 24.4 Å². The number of anilines is 1. The first-order valence-corrected chi connectivity index (χ1v) is 6.44. The number of hydrogen-bond donors (Lipinski definition) is 2. The molecule has 2 heterocycles. The van der Waals surface area contributed by atoms with Gasteiger partial charge in [-0.15, -0.1) is 0 Å². The first kappa shape index (κ1) is 14.8. The maximum absolute atomic E-state index is 11.8. The number of nitro groups is 1. The second kappa shape index (κ2) is 5.39. The van der Waals surface area contributed by atoms with Crippen LogP contribution in [0.4, 0.5) is 11.6 Å². The molecule has 2 aromatic heterocycles. The van der Waals surface area contributed by atoms with Crippen LogP contribution in [0.2, 0.25) is 0 Å². The van der Waals surface area contributed by atoms with Crippen LogP contribution >= 0.6 is 0 Å². The Balaban J connectivity index is 2.21. The molecule has 0 aliphatic heterocycles. The van der Waals surface area contributed by atoms with E-state index in [0.717, 1.165) is 0 Å². The van der Waals surface area contributed by atoms with Gasteiger partial charge in [-0.3, -0.25) is 4.79 Å². The Morgan fingerprint density at radius 3 is 2.76 bits per heavy atom. The van der Waals surface area contributed by atoms with Crippen LogP contribution in [0.5, 0.6) is 0 Å². The fourth-order valence-corrected chi connectivity index (χ4v) is 1.90. The highest BCUT2D eigenvalue weighted by Crippen LogP contribution is 2.24. The van der Waals surface area contributed by atoms with Gasteiger partial charge in [-0.2, -0.15) is 9.38 Å². The molecule has 8 heteroatoms. The molecule has 0 aliphatic carbocycles. The standard InChI is InChI=1S/C13H17N5O3/c1-13(2,3)16-10(19)8-14-11-12(18(20)21)17-7-5-4-6-9(17)15-11/h4-7,14H,8H2,1-3H3,(H,16,19). The maximum Gasteiger partial charge on any atom is 0.372 e. The van der Waals surface area contributed by atoms with Crippen molar-refractivity contribution in [2.45, 2.75) is 26.3 Å². The largest absolute Gasteiger partial charge is 0.372 e. The smallest absolute Gasteiger partial charge is 0.358 e. The second-order valence-corrected chi connectivity index (χ2v) is 5.62. The number of amides is 1. The van der Waals surface area contributed by atoms with E-state index in [9.17, 15) is 14.9 Å². The molecule has 0 unspecified atom stereocenters. The Bertz CT molecular complexity index is 687. The van der Waals surface area contributed by atoms with Gasteiger partial charge in [-0.1, -0.05) is 6.07 Å². The highest BCUT2D eigenvalue weighted by atomic mass is 16.6. The van der Waals surface area contributed by atoms with Crippen LogP contribution in [0.1, 0.15) is 20.8 Å². The van der Waals surface area contributed by atoms with Gasteiger partial charge in [0.2, 0.25) is 17.4 Å². The van der Waals surface area contributed by atoms with E-state index >= 15 is 0 Å². The van der Waals surface area contributed by atoms with Crippen molar-refractivity contribution in [3.63, 3.8) is 0 Å². The minimum Gasteiger partial charge on any atom is -0.358 e. The number of aromatic nitrogens is 2. The molecule has 0 bridgehead atoms. The number of imidazole rings is 1. The van der Waals surface area contributed by atoms with Gasteiger partial charge >= 0.3 is 5.82 Å². The minimum absolute atomic E-state index is 0.0789. The number of fused-ring (bicyclic) bond motifs is 1. The lowest BCUT2D eigenvalue weighted by molar-refractivity contribution is -0.389. The Labute approximate surface area is 121 Å². The van der Waals surface area contributed by atoms with Crippen molar-refractivity contribution in [3.05, 3.63) is 34.5 Å². The summed E-state index contributed by atoms with van der Waals surface area (Å²) >= 11 is 0. The average molecular weight is 291 g/mol. The predicted molar refractivity (Wildman–Crippen MR) is 78.2 cm³/mol. The lowest BCUT2D eigenvalue weighted by Gasteiger charge is -2.20. The quantitative estimate of drug-likeness (QED) is 0.657. The van der Waals surface area contributed by atoms with Gasteiger partial charge in [-0.25, -0.2) is 0 Å². The number of nitrogens with zero attached hydrogens (tertiary/aromatic N) is 3. The number of hydrogen-bond acceptors (Lipinski definition) is 5. The zero-order valence-electron chi connectivity index (χ0n) is 12.1. The molecule has 2 rings (SSSR count). The van der Waals surface area contributed by atoms with Crippen molar-refractivity contribution in [1.29, 1.82) is 0 Å². The summed E-state index contributed by atoms with van der Waals surface area (Å²) in [6.07, 6.45) is 1.56. The molecule has 0 aliphatic rings. The van der Waals surface area contributed by atoms with E-state index in [1.807, 2.05) is 20.8 Å². The fraction of sp³-hybridized carbons (Fsp3) is 0.385. The third-order valence-electron chi connectivity index (χ3n) is 2.61. The van der Waals surface area contributed by atoms with Gasteiger partial charge in [0.05, 0.1) is 12.7 Å². The Kier molecular flexibility index (Phi) is 3.79. The van der Waals surface area contributed by atoms with Crippen molar-refractivity contribution in [3.8, 4) is 0 Å². The first-order valence-electron chi connectivity index (χ1n) is 6.44. The molecule has 112 valence electrons. The van der Waals surface area contributed by atoms with Gasteiger partial charge in [0.25, 0.3) is 0 Å². The molecule has 0 saturated carbocycles. The van der Waals surface area contributed by atoms with Gasteiger partial charge < -0.3 is 20.7 Å².